The molecule has 1 unspecified atom stereocenters. The number of unbranched alkanes of at least 4 members (excludes halogenated alkanes) is 1. The van der Waals surface area contributed by atoms with Gasteiger partial charge in [0.1, 0.15) is 18.0 Å². The molecule has 0 radical (unpaired) electrons. The minimum atomic E-state index is -1.02. The summed E-state index contributed by atoms with van der Waals surface area (Å²) in [5, 5.41) is 37.5. The summed E-state index contributed by atoms with van der Waals surface area (Å²) in [7, 11) is 0. The number of nitriles is 1. The molecule has 3 N–H and O–H groups in total. The first-order chi connectivity index (χ1) is 10.7. The van der Waals surface area contributed by atoms with E-state index in [0.29, 0.717) is 30.8 Å². The second-order valence-electron chi connectivity index (χ2n) is 5.33. The summed E-state index contributed by atoms with van der Waals surface area (Å²) in [6, 6.07) is 9.10. The number of benzene rings is 1. The van der Waals surface area contributed by atoms with Crippen LogP contribution in [0.1, 0.15) is 30.9 Å². The van der Waals surface area contributed by atoms with Crippen LogP contribution in [-0.4, -0.2) is 46.8 Å². The third-order valence-corrected chi connectivity index (χ3v) is 3.66. The van der Waals surface area contributed by atoms with Gasteiger partial charge < -0.3 is 24.8 Å². The molecule has 0 aliphatic carbocycles. The van der Waals surface area contributed by atoms with Crippen molar-refractivity contribution >= 4 is 0 Å². The number of ether oxygens (including phenoxy) is 2. The second-order valence-corrected chi connectivity index (χ2v) is 5.33. The topological polar surface area (TPSA) is 103 Å². The summed E-state index contributed by atoms with van der Waals surface area (Å²) in [4.78, 5) is 0. The SMILES string of the molecule is N#CCCCOc1ccc(C2O[C@H](CO)C[C@H](O)[C@@H]2O)cc1. The Morgan fingerprint density at radius 1 is 1.27 bits per heavy atom. The van der Waals surface area contributed by atoms with Crippen LogP contribution in [0.3, 0.4) is 0 Å². The smallest absolute Gasteiger partial charge is 0.119 e. The van der Waals surface area contributed by atoms with Crippen LogP contribution in [0.5, 0.6) is 5.75 Å². The van der Waals surface area contributed by atoms with E-state index in [9.17, 15) is 15.3 Å². The largest absolute Gasteiger partial charge is 0.494 e. The Balaban J connectivity index is 1.98. The summed E-state index contributed by atoms with van der Waals surface area (Å²) in [5.41, 5.74) is 0.717. The van der Waals surface area contributed by atoms with Crippen molar-refractivity contribution in [2.24, 2.45) is 0 Å². The Kier molecular flexibility index (Phi) is 6.16. The summed E-state index contributed by atoms with van der Waals surface area (Å²) in [6.45, 7) is 0.279. The molecule has 1 fully saturated rings. The highest BCUT2D eigenvalue weighted by molar-refractivity contribution is 5.29. The van der Waals surface area contributed by atoms with Crippen molar-refractivity contribution in [3.63, 3.8) is 0 Å². The number of rotatable bonds is 6. The zero-order valence-electron chi connectivity index (χ0n) is 12.3. The minimum absolute atomic E-state index is 0.194. The van der Waals surface area contributed by atoms with Crippen LogP contribution in [0, 0.1) is 11.3 Å². The zero-order valence-corrected chi connectivity index (χ0v) is 12.3. The second kappa shape index (κ2) is 8.11. The number of hydrogen-bond donors (Lipinski definition) is 3. The van der Waals surface area contributed by atoms with Gasteiger partial charge in [0.25, 0.3) is 0 Å². The minimum Gasteiger partial charge on any atom is -0.494 e. The summed E-state index contributed by atoms with van der Waals surface area (Å²) < 4.78 is 11.1. The van der Waals surface area contributed by atoms with E-state index in [-0.39, 0.29) is 13.0 Å². The van der Waals surface area contributed by atoms with E-state index in [1.165, 1.54) is 0 Å². The fourth-order valence-corrected chi connectivity index (χ4v) is 2.44. The summed E-state index contributed by atoms with van der Waals surface area (Å²) in [5.74, 6) is 0.672. The lowest BCUT2D eigenvalue weighted by molar-refractivity contribution is -0.179. The van der Waals surface area contributed by atoms with Gasteiger partial charge in [0, 0.05) is 12.8 Å². The van der Waals surface area contributed by atoms with E-state index in [1.54, 1.807) is 24.3 Å². The van der Waals surface area contributed by atoms with Crippen LogP contribution in [0.4, 0.5) is 0 Å². The highest BCUT2D eigenvalue weighted by Gasteiger charge is 2.37. The van der Waals surface area contributed by atoms with Crippen LogP contribution in [-0.2, 0) is 4.74 Å². The van der Waals surface area contributed by atoms with Gasteiger partial charge in [-0.3, -0.25) is 0 Å². The van der Waals surface area contributed by atoms with Crippen molar-refractivity contribution in [3.8, 4) is 11.8 Å². The number of aliphatic hydroxyl groups excluding tert-OH is 3. The fraction of sp³-hybridized carbons (Fsp3) is 0.562. The van der Waals surface area contributed by atoms with Crippen molar-refractivity contribution < 1.29 is 24.8 Å². The predicted molar refractivity (Wildman–Crippen MR) is 78.1 cm³/mol. The van der Waals surface area contributed by atoms with E-state index in [0.717, 1.165) is 0 Å². The Bertz CT molecular complexity index is 498. The molecular weight excluding hydrogens is 286 g/mol. The van der Waals surface area contributed by atoms with E-state index in [2.05, 4.69) is 6.07 Å². The molecular formula is C16H21NO5. The zero-order chi connectivity index (χ0) is 15.9. The quantitative estimate of drug-likeness (QED) is 0.675. The van der Waals surface area contributed by atoms with Crippen molar-refractivity contribution in [2.45, 2.75) is 43.7 Å². The number of nitrogens with zero attached hydrogens (tertiary/aromatic N) is 1. The molecule has 1 aromatic carbocycles. The van der Waals surface area contributed by atoms with E-state index >= 15 is 0 Å². The van der Waals surface area contributed by atoms with Gasteiger partial charge in [0.05, 0.1) is 31.5 Å². The Morgan fingerprint density at radius 3 is 2.64 bits per heavy atom. The van der Waals surface area contributed by atoms with Crippen molar-refractivity contribution in [2.75, 3.05) is 13.2 Å². The molecule has 6 nitrogen and oxygen atoms in total. The maximum atomic E-state index is 10.1. The van der Waals surface area contributed by atoms with Crippen LogP contribution in [0.25, 0.3) is 0 Å². The van der Waals surface area contributed by atoms with Crippen molar-refractivity contribution in [1.82, 2.24) is 0 Å². The van der Waals surface area contributed by atoms with E-state index in [4.69, 9.17) is 14.7 Å². The van der Waals surface area contributed by atoms with Gasteiger partial charge in [-0.1, -0.05) is 12.1 Å². The average Bonchev–Trinajstić information content (AvgIpc) is 2.55. The fourth-order valence-electron chi connectivity index (χ4n) is 2.44. The van der Waals surface area contributed by atoms with Gasteiger partial charge in [-0.15, -0.1) is 0 Å². The molecule has 6 heteroatoms. The van der Waals surface area contributed by atoms with Gasteiger partial charge in [-0.2, -0.15) is 5.26 Å². The average molecular weight is 307 g/mol. The maximum Gasteiger partial charge on any atom is 0.119 e. The first-order valence-corrected chi connectivity index (χ1v) is 7.38. The molecule has 0 aromatic heterocycles. The maximum absolute atomic E-state index is 10.1. The van der Waals surface area contributed by atoms with Gasteiger partial charge in [0.2, 0.25) is 0 Å². The van der Waals surface area contributed by atoms with Gasteiger partial charge >= 0.3 is 0 Å². The third-order valence-electron chi connectivity index (χ3n) is 3.66. The summed E-state index contributed by atoms with van der Waals surface area (Å²) >= 11 is 0. The standard InChI is InChI=1S/C16H21NO5/c17-7-1-2-8-21-12-5-3-11(4-6-12)16-15(20)14(19)9-13(10-18)22-16/h3-6,13-16,18-20H,1-2,8-10H2/t13-,14-,15-,16?/m0/s1. The lowest BCUT2D eigenvalue weighted by Crippen LogP contribution is -2.44. The molecule has 1 heterocycles. The normalized spacial score (nSPS) is 28.1. The summed E-state index contributed by atoms with van der Waals surface area (Å²) in [6.07, 6.45) is -1.75. The predicted octanol–water partition coefficient (Wildman–Crippen LogP) is 0.913. The van der Waals surface area contributed by atoms with E-state index < -0.39 is 24.4 Å². The molecule has 22 heavy (non-hydrogen) atoms. The number of aliphatic hydroxyl groups is 3. The molecule has 120 valence electrons. The van der Waals surface area contributed by atoms with Crippen LogP contribution in [0.15, 0.2) is 24.3 Å². The molecule has 1 saturated heterocycles. The molecule has 0 bridgehead atoms. The van der Waals surface area contributed by atoms with Crippen molar-refractivity contribution in [1.29, 1.82) is 5.26 Å². The third kappa shape index (κ3) is 4.18. The highest BCUT2D eigenvalue weighted by atomic mass is 16.5. The van der Waals surface area contributed by atoms with Gasteiger partial charge in [-0.05, 0) is 24.1 Å². The molecule has 0 saturated carbocycles. The molecule has 0 amide bonds. The highest BCUT2D eigenvalue weighted by Crippen LogP contribution is 2.32. The van der Waals surface area contributed by atoms with E-state index in [1.807, 2.05) is 0 Å². The lowest BCUT2D eigenvalue weighted by Gasteiger charge is -2.36. The van der Waals surface area contributed by atoms with Gasteiger partial charge in [-0.25, -0.2) is 0 Å². The number of hydrogen-bond acceptors (Lipinski definition) is 6. The molecule has 0 spiro atoms. The first-order valence-electron chi connectivity index (χ1n) is 7.38. The lowest BCUT2D eigenvalue weighted by atomic mass is 9.93. The Morgan fingerprint density at radius 2 is 2.00 bits per heavy atom. The van der Waals surface area contributed by atoms with Gasteiger partial charge in [0.15, 0.2) is 0 Å². The molecule has 1 aromatic rings. The van der Waals surface area contributed by atoms with Crippen molar-refractivity contribution in [3.05, 3.63) is 29.8 Å². The molecule has 1 aliphatic rings. The molecule has 1 aliphatic heterocycles. The molecule has 4 atom stereocenters. The van der Waals surface area contributed by atoms with Crippen LogP contribution >= 0.6 is 0 Å². The molecule has 2 rings (SSSR count). The van der Waals surface area contributed by atoms with Crippen LogP contribution in [0.2, 0.25) is 0 Å². The monoisotopic (exact) mass is 307 g/mol. The van der Waals surface area contributed by atoms with Crippen LogP contribution < -0.4 is 4.74 Å². The Labute approximate surface area is 129 Å². The Hall–Kier alpha value is -1.65. The first kappa shape index (κ1) is 16.7.